The molecule has 1 heterocycles. The lowest BCUT2D eigenvalue weighted by Gasteiger charge is -2.14. The van der Waals surface area contributed by atoms with Gasteiger partial charge in [-0.15, -0.1) is 0 Å². The van der Waals surface area contributed by atoms with Gasteiger partial charge in [0.05, 0.1) is 5.56 Å². The van der Waals surface area contributed by atoms with Crippen molar-refractivity contribution in [2.75, 3.05) is 0 Å². The summed E-state index contributed by atoms with van der Waals surface area (Å²) in [5.41, 5.74) is 1.01. The topological polar surface area (TPSA) is 59.1 Å². The minimum absolute atomic E-state index is 0.376. The molecule has 2 aromatic rings. The van der Waals surface area contributed by atoms with E-state index in [4.69, 9.17) is 11.6 Å². The highest BCUT2D eigenvalue weighted by molar-refractivity contribution is 6.64. The molecule has 1 amide bonds. The Labute approximate surface area is 115 Å². The van der Waals surface area contributed by atoms with Crippen LogP contribution in [0.4, 0.5) is 0 Å². The van der Waals surface area contributed by atoms with Crippen molar-refractivity contribution in [2.45, 2.75) is 6.04 Å². The molecule has 0 fully saturated rings. The Morgan fingerprint density at radius 3 is 2.42 bits per heavy atom. The van der Waals surface area contributed by atoms with Crippen molar-refractivity contribution in [3.05, 3.63) is 66.0 Å². The molecule has 4 nitrogen and oxygen atoms in total. The van der Waals surface area contributed by atoms with Crippen LogP contribution in [-0.2, 0) is 4.79 Å². The molecule has 0 bridgehead atoms. The average Bonchev–Trinajstić information content (AvgIpc) is 2.46. The number of hydrogen-bond acceptors (Lipinski definition) is 3. The molecule has 1 N–H and O–H groups in total. The normalized spacial score (nSPS) is 11.6. The van der Waals surface area contributed by atoms with Gasteiger partial charge in [-0.3, -0.25) is 14.6 Å². The molecule has 19 heavy (non-hydrogen) atoms. The third-order valence-corrected chi connectivity index (χ3v) is 2.78. The van der Waals surface area contributed by atoms with Gasteiger partial charge in [0.25, 0.3) is 5.91 Å². The minimum Gasteiger partial charge on any atom is -0.337 e. The molecule has 5 heteroatoms. The number of nitrogens with zero attached hydrogens (tertiary/aromatic N) is 1. The number of rotatable bonds is 4. The van der Waals surface area contributed by atoms with Crippen molar-refractivity contribution in [3.63, 3.8) is 0 Å². The summed E-state index contributed by atoms with van der Waals surface area (Å²) in [6, 6.07) is 11.2. The SMILES string of the molecule is O=C(NC(C(=O)Cl)c1ccccc1)c1cccnc1. The summed E-state index contributed by atoms with van der Waals surface area (Å²) in [5, 5.41) is 1.95. The first-order valence-electron chi connectivity index (χ1n) is 5.63. The molecule has 1 aromatic carbocycles. The summed E-state index contributed by atoms with van der Waals surface area (Å²) in [4.78, 5) is 27.3. The fraction of sp³-hybridized carbons (Fsp3) is 0.0714. The molecule has 0 saturated heterocycles. The van der Waals surface area contributed by atoms with Crippen LogP contribution >= 0.6 is 11.6 Å². The quantitative estimate of drug-likeness (QED) is 0.871. The van der Waals surface area contributed by atoms with Gasteiger partial charge in [-0.2, -0.15) is 0 Å². The Kier molecular flexibility index (Phi) is 4.26. The highest BCUT2D eigenvalue weighted by Gasteiger charge is 2.21. The first kappa shape index (κ1) is 13.2. The van der Waals surface area contributed by atoms with Crippen LogP contribution in [0.1, 0.15) is 22.0 Å². The zero-order chi connectivity index (χ0) is 13.7. The highest BCUT2D eigenvalue weighted by Crippen LogP contribution is 2.16. The molecule has 96 valence electrons. The number of amides is 1. The van der Waals surface area contributed by atoms with Crippen LogP contribution in [0.25, 0.3) is 0 Å². The number of pyridine rings is 1. The second kappa shape index (κ2) is 6.11. The first-order chi connectivity index (χ1) is 9.18. The molecule has 0 aliphatic carbocycles. The summed E-state index contributed by atoms with van der Waals surface area (Å²) in [6.45, 7) is 0. The van der Waals surface area contributed by atoms with E-state index >= 15 is 0 Å². The number of carbonyl (C=O) groups excluding carboxylic acids is 2. The number of benzene rings is 1. The Balaban J connectivity index is 2.19. The Bertz CT molecular complexity index is 573. The van der Waals surface area contributed by atoms with Crippen molar-refractivity contribution in [2.24, 2.45) is 0 Å². The maximum absolute atomic E-state index is 12.0. The van der Waals surface area contributed by atoms with Gasteiger partial charge in [0.2, 0.25) is 5.24 Å². The molecule has 0 aliphatic rings. The van der Waals surface area contributed by atoms with Crippen LogP contribution in [0.5, 0.6) is 0 Å². The summed E-state index contributed by atoms with van der Waals surface area (Å²) >= 11 is 5.54. The van der Waals surface area contributed by atoms with E-state index < -0.39 is 17.2 Å². The van der Waals surface area contributed by atoms with Gasteiger partial charge in [0, 0.05) is 12.4 Å². The Hall–Kier alpha value is -2.20. The van der Waals surface area contributed by atoms with E-state index in [1.54, 1.807) is 42.6 Å². The van der Waals surface area contributed by atoms with Crippen LogP contribution < -0.4 is 5.32 Å². The molecule has 1 aromatic heterocycles. The largest absolute Gasteiger partial charge is 0.337 e. The van der Waals surface area contributed by atoms with Gasteiger partial charge >= 0.3 is 0 Å². The van der Waals surface area contributed by atoms with Gasteiger partial charge in [0.1, 0.15) is 6.04 Å². The molecule has 0 saturated carbocycles. The standard InChI is InChI=1S/C14H11ClN2O2/c15-13(18)12(10-5-2-1-3-6-10)17-14(19)11-7-4-8-16-9-11/h1-9,12H,(H,17,19). The van der Waals surface area contributed by atoms with E-state index in [0.29, 0.717) is 11.1 Å². The molecule has 0 aliphatic heterocycles. The summed E-state index contributed by atoms with van der Waals surface area (Å²) < 4.78 is 0. The maximum Gasteiger partial charge on any atom is 0.253 e. The van der Waals surface area contributed by atoms with Gasteiger partial charge < -0.3 is 5.32 Å². The molecule has 1 unspecified atom stereocenters. The predicted octanol–water partition coefficient (Wildman–Crippen LogP) is 2.32. The van der Waals surface area contributed by atoms with E-state index in [2.05, 4.69) is 10.3 Å². The Morgan fingerprint density at radius 2 is 1.84 bits per heavy atom. The summed E-state index contributed by atoms with van der Waals surface area (Å²) in [7, 11) is 0. The van der Waals surface area contributed by atoms with E-state index in [-0.39, 0.29) is 0 Å². The minimum atomic E-state index is -0.865. The van der Waals surface area contributed by atoms with E-state index in [1.807, 2.05) is 6.07 Å². The lowest BCUT2D eigenvalue weighted by atomic mass is 10.1. The van der Waals surface area contributed by atoms with Crippen LogP contribution in [0.2, 0.25) is 0 Å². The van der Waals surface area contributed by atoms with E-state index in [0.717, 1.165) is 0 Å². The number of nitrogens with one attached hydrogen (secondary N) is 1. The van der Waals surface area contributed by atoms with Crippen LogP contribution in [-0.4, -0.2) is 16.1 Å². The third-order valence-electron chi connectivity index (χ3n) is 2.56. The lowest BCUT2D eigenvalue weighted by molar-refractivity contribution is -0.113. The van der Waals surface area contributed by atoms with Crippen LogP contribution in [0, 0.1) is 0 Å². The van der Waals surface area contributed by atoms with Gasteiger partial charge in [0.15, 0.2) is 0 Å². The molecule has 0 spiro atoms. The average molecular weight is 275 g/mol. The second-order valence-corrected chi connectivity index (χ2v) is 4.24. The lowest BCUT2D eigenvalue weighted by Crippen LogP contribution is -2.32. The van der Waals surface area contributed by atoms with Crippen LogP contribution in [0.3, 0.4) is 0 Å². The predicted molar refractivity (Wildman–Crippen MR) is 71.7 cm³/mol. The van der Waals surface area contributed by atoms with Crippen molar-refractivity contribution < 1.29 is 9.59 Å². The summed E-state index contributed by atoms with van der Waals surface area (Å²) in [6.07, 6.45) is 2.99. The zero-order valence-corrected chi connectivity index (χ0v) is 10.7. The van der Waals surface area contributed by atoms with E-state index in [9.17, 15) is 9.59 Å². The Morgan fingerprint density at radius 1 is 1.11 bits per heavy atom. The van der Waals surface area contributed by atoms with Crippen molar-refractivity contribution >= 4 is 22.8 Å². The van der Waals surface area contributed by atoms with Crippen molar-refractivity contribution in [1.82, 2.24) is 10.3 Å². The van der Waals surface area contributed by atoms with Crippen molar-refractivity contribution in [1.29, 1.82) is 0 Å². The zero-order valence-electron chi connectivity index (χ0n) is 9.92. The number of aromatic nitrogens is 1. The second-order valence-electron chi connectivity index (χ2n) is 3.86. The van der Waals surface area contributed by atoms with Crippen molar-refractivity contribution in [3.8, 4) is 0 Å². The summed E-state index contributed by atoms with van der Waals surface area (Å²) in [5.74, 6) is -0.393. The first-order valence-corrected chi connectivity index (χ1v) is 6.01. The molecular formula is C14H11ClN2O2. The van der Waals surface area contributed by atoms with Gasteiger partial charge in [-0.05, 0) is 29.3 Å². The molecule has 0 radical (unpaired) electrons. The van der Waals surface area contributed by atoms with Gasteiger partial charge in [-0.25, -0.2) is 0 Å². The molecule has 2 rings (SSSR count). The molecular weight excluding hydrogens is 264 g/mol. The highest BCUT2D eigenvalue weighted by atomic mass is 35.5. The van der Waals surface area contributed by atoms with Crippen LogP contribution in [0.15, 0.2) is 54.9 Å². The third kappa shape index (κ3) is 3.39. The van der Waals surface area contributed by atoms with Gasteiger partial charge in [-0.1, -0.05) is 30.3 Å². The number of carbonyl (C=O) groups is 2. The fourth-order valence-corrected chi connectivity index (χ4v) is 1.81. The smallest absolute Gasteiger partial charge is 0.253 e. The molecule has 1 atom stereocenters. The number of halogens is 1. The fourth-order valence-electron chi connectivity index (χ4n) is 1.63. The monoisotopic (exact) mass is 274 g/mol. The number of hydrogen-bond donors (Lipinski definition) is 1. The maximum atomic E-state index is 12.0. The van der Waals surface area contributed by atoms with E-state index in [1.165, 1.54) is 6.20 Å².